The third-order valence-electron chi connectivity index (χ3n) is 4.35. The lowest BCUT2D eigenvalue weighted by Crippen LogP contribution is -2.40. The summed E-state index contributed by atoms with van der Waals surface area (Å²) in [6.45, 7) is 16.2. The molecular formula is C17H29N. The van der Waals surface area contributed by atoms with Gasteiger partial charge in [0.15, 0.2) is 0 Å². The van der Waals surface area contributed by atoms with E-state index in [2.05, 4.69) is 58.3 Å². The average Bonchev–Trinajstić information content (AvgIpc) is 2.68. The van der Waals surface area contributed by atoms with Crippen LogP contribution in [0.3, 0.4) is 0 Å². The molecule has 0 bridgehead atoms. The summed E-state index contributed by atoms with van der Waals surface area (Å²) in [5.41, 5.74) is 0.506. The summed E-state index contributed by atoms with van der Waals surface area (Å²) in [5.74, 6) is 9.45. The second kappa shape index (κ2) is 4.57. The molecule has 0 radical (unpaired) electrons. The lowest BCUT2D eigenvalue weighted by Gasteiger charge is -2.32. The number of likely N-dealkylation sites (tertiary alicyclic amines) is 1. The molecule has 18 heavy (non-hydrogen) atoms. The molecule has 0 spiro atoms. The number of nitrogens with zero attached hydrogens (tertiary/aromatic N) is 1. The fourth-order valence-corrected chi connectivity index (χ4v) is 3.28. The normalized spacial score (nSPS) is 33.1. The van der Waals surface area contributed by atoms with Crippen molar-refractivity contribution in [1.29, 1.82) is 0 Å². The fourth-order valence-electron chi connectivity index (χ4n) is 3.28. The van der Waals surface area contributed by atoms with Crippen molar-refractivity contribution in [2.75, 3.05) is 13.1 Å². The lowest BCUT2D eigenvalue weighted by atomic mass is 9.95. The van der Waals surface area contributed by atoms with Crippen molar-refractivity contribution in [1.82, 2.24) is 4.90 Å². The van der Waals surface area contributed by atoms with Crippen LogP contribution in [0.5, 0.6) is 0 Å². The molecule has 2 rings (SSSR count). The Morgan fingerprint density at radius 2 is 1.39 bits per heavy atom. The second-order valence-electron chi connectivity index (χ2n) is 8.28. The van der Waals surface area contributed by atoms with Gasteiger partial charge in [0, 0.05) is 30.0 Å². The molecule has 0 aromatic heterocycles. The van der Waals surface area contributed by atoms with E-state index in [1.165, 1.54) is 25.9 Å². The molecule has 2 unspecified atom stereocenters. The standard InChI is InChI=1S/C17H29N/c1-16(2,3)8-7-13-9-14-11-18(17(4,5)6)12-15(14)10-13/h13-15H,9-12H2,1-6H3. The van der Waals surface area contributed by atoms with Gasteiger partial charge < -0.3 is 0 Å². The van der Waals surface area contributed by atoms with E-state index in [0.717, 1.165) is 11.8 Å². The topological polar surface area (TPSA) is 3.24 Å². The number of rotatable bonds is 0. The molecule has 0 N–H and O–H groups in total. The smallest absolute Gasteiger partial charge is 0.0230 e. The number of fused-ring (bicyclic) bond motifs is 1. The Bertz CT molecular complexity index is 344. The summed E-state index contributed by atoms with van der Waals surface area (Å²) in [6.07, 6.45) is 2.67. The SMILES string of the molecule is CC(C)(C)C#CC1CC2CN(C(C)(C)C)CC2C1. The Morgan fingerprint density at radius 1 is 0.889 bits per heavy atom. The van der Waals surface area contributed by atoms with Crippen LogP contribution in [0.15, 0.2) is 0 Å². The minimum atomic E-state index is 0.162. The third-order valence-corrected chi connectivity index (χ3v) is 4.35. The molecule has 0 amide bonds. The van der Waals surface area contributed by atoms with E-state index in [-0.39, 0.29) is 5.41 Å². The van der Waals surface area contributed by atoms with Crippen molar-refractivity contribution in [2.45, 2.75) is 59.9 Å². The van der Waals surface area contributed by atoms with Gasteiger partial charge in [-0.25, -0.2) is 0 Å². The van der Waals surface area contributed by atoms with E-state index < -0.39 is 0 Å². The first-order chi connectivity index (χ1) is 8.15. The zero-order valence-corrected chi connectivity index (χ0v) is 13.0. The Hall–Kier alpha value is -0.480. The van der Waals surface area contributed by atoms with Crippen molar-refractivity contribution in [3.63, 3.8) is 0 Å². The van der Waals surface area contributed by atoms with Crippen LogP contribution in [0.1, 0.15) is 54.4 Å². The zero-order chi connectivity index (χ0) is 13.6. The summed E-state index contributed by atoms with van der Waals surface area (Å²) < 4.78 is 0. The molecule has 2 fully saturated rings. The predicted octanol–water partition coefficient (Wildman–Crippen LogP) is 3.79. The molecule has 1 saturated heterocycles. The van der Waals surface area contributed by atoms with Gasteiger partial charge >= 0.3 is 0 Å². The molecule has 0 aromatic rings. The Kier molecular flexibility index (Phi) is 3.54. The van der Waals surface area contributed by atoms with Crippen LogP contribution in [-0.4, -0.2) is 23.5 Å². The largest absolute Gasteiger partial charge is 0.298 e. The lowest BCUT2D eigenvalue weighted by molar-refractivity contribution is 0.159. The molecule has 1 heteroatoms. The predicted molar refractivity (Wildman–Crippen MR) is 78.3 cm³/mol. The van der Waals surface area contributed by atoms with Crippen molar-refractivity contribution in [2.24, 2.45) is 23.2 Å². The minimum Gasteiger partial charge on any atom is -0.298 e. The van der Waals surface area contributed by atoms with E-state index in [0.29, 0.717) is 11.5 Å². The fraction of sp³-hybridized carbons (Fsp3) is 0.882. The molecule has 1 heterocycles. The van der Waals surface area contributed by atoms with Crippen molar-refractivity contribution in [3.8, 4) is 11.8 Å². The first-order valence-corrected chi connectivity index (χ1v) is 7.43. The Labute approximate surface area is 113 Å². The summed E-state index contributed by atoms with van der Waals surface area (Å²) in [7, 11) is 0. The highest BCUT2D eigenvalue weighted by molar-refractivity contribution is 5.13. The Morgan fingerprint density at radius 3 is 1.78 bits per heavy atom. The van der Waals surface area contributed by atoms with Gasteiger partial charge in [-0.3, -0.25) is 4.90 Å². The first-order valence-electron chi connectivity index (χ1n) is 7.43. The van der Waals surface area contributed by atoms with Gasteiger partial charge in [0.1, 0.15) is 0 Å². The maximum Gasteiger partial charge on any atom is 0.0230 e. The van der Waals surface area contributed by atoms with Gasteiger partial charge in [-0.2, -0.15) is 0 Å². The monoisotopic (exact) mass is 247 g/mol. The molecule has 1 saturated carbocycles. The van der Waals surface area contributed by atoms with Crippen LogP contribution in [0.2, 0.25) is 0 Å². The highest BCUT2D eigenvalue weighted by Gasteiger charge is 2.43. The van der Waals surface area contributed by atoms with E-state index in [9.17, 15) is 0 Å². The van der Waals surface area contributed by atoms with Crippen molar-refractivity contribution in [3.05, 3.63) is 0 Å². The maximum atomic E-state index is 3.54. The third kappa shape index (κ3) is 3.29. The van der Waals surface area contributed by atoms with Crippen molar-refractivity contribution >= 4 is 0 Å². The maximum absolute atomic E-state index is 3.54. The molecule has 1 aliphatic carbocycles. The molecule has 2 aliphatic rings. The molecule has 1 nitrogen and oxygen atoms in total. The van der Waals surface area contributed by atoms with Crippen LogP contribution >= 0.6 is 0 Å². The molecule has 1 aliphatic heterocycles. The van der Waals surface area contributed by atoms with E-state index in [1.54, 1.807) is 0 Å². The van der Waals surface area contributed by atoms with Crippen LogP contribution in [0.4, 0.5) is 0 Å². The summed E-state index contributed by atoms with van der Waals surface area (Å²) in [6, 6.07) is 0. The van der Waals surface area contributed by atoms with Gasteiger partial charge in [-0.1, -0.05) is 11.8 Å². The van der Waals surface area contributed by atoms with Crippen LogP contribution in [0.25, 0.3) is 0 Å². The van der Waals surface area contributed by atoms with Gasteiger partial charge in [-0.05, 0) is 66.2 Å². The summed E-state index contributed by atoms with van der Waals surface area (Å²) >= 11 is 0. The van der Waals surface area contributed by atoms with Crippen LogP contribution < -0.4 is 0 Å². The van der Waals surface area contributed by atoms with Crippen LogP contribution in [0, 0.1) is 35.0 Å². The highest BCUT2D eigenvalue weighted by Crippen LogP contribution is 2.43. The quantitative estimate of drug-likeness (QED) is 0.589. The zero-order valence-electron chi connectivity index (χ0n) is 13.0. The van der Waals surface area contributed by atoms with E-state index in [1.807, 2.05) is 0 Å². The van der Waals surface area contributed by atoms with Gasteiger partial charge in [0.25, 0.3) is 0 Å². The molecule has 102 valence electrons. The van der Waals surface area contributed by atoms with Gasteiger partial charge in [-0.15, -0.1) is 0 Å². The highest BCUT2D eigenvalue weighted by atomic mass is 15.2. The summed E-state index contributed by atoms with van der Waals surface area (Å²) in [5, 5.41) is 0. The number of hydrogen-bond acceptors (Lipinski definition) is 1. The van der Waals surface area contributed by atoms with E-state index >= 15 is 0 Å². The first kappa shape index (κ1) is 13.9. The minimum absolute atomic E-state index is 0.162. The average molecular weight is 247 g/mol. The summed E-state index contributed by atoms with van der Waals surface area (Å²) in [4.78, 5) is 2.66. The van der Waals surface area contributed by atoms with Gasteiger partial charge in [0.05, 0.1) is 0 Å². The van der Waals surface area contributed by atoms with Crippen LogP contribution in [-0.2, 0) is 0 Å². The molecular weight excluding hydrogens is 218 g/mol. The number of hydrogen-bond donors (Lipinski definition) is 0. The molecule has 2 atom stereocenters. The Balaban J connectivity index is 1.92. The molecule has 0 aromatic carbocycles. The van der Waals surface area contributed by atoms with Crippen molar-refractivity contribution < 1.29 is 0 Å². The van der Waals surface area contributed by atoms with Gasteiger partial charge in [0.2, 0.25) is 0 Å². The second-order valence-corrected chi connectivity index (χ2v) is 8.28. The van der Waals surface area contributed by atoms with E-state index in [4.69, 9.17) is 0 Å².